The topological polar surface area (TPSA) is 58.6 Å². The van der Waals surface area contributed by atoms with Gasteiger partial charge in [0.25, 0.3) is 0 Å². The lowest BCUT2D eigenvalue weighted by molar-refractivity contribution is -0.149. The minimum absolute atomic E-state index is 0.125. The number of hydrogen-bond donors (Lipinski definition) is 1. The molecule has 132 valence electrons. The number of nitrogens with zero attached hydrogens (tertiary/aromatic N) is 1. The van der Waals surface area contributed by atoms with E-state index in [2.05, 4.69) is 19.2 Å². The van der Waals surface area contributed by atoms with Crippen molar-refractivity contribution in [3.63, 3.8) is 0 Å². The zero-order valence-electron chi connectivity index (χ0n) is 14.9. The number of esters is 1. The van der Waals surface area contributed by atoms with Crippen molar-refractivity contribution >= 4 is 17.7 Å². The second-order valence-electron chi connectivity index (χ2n) is 6.13. The van der Waals surface area contributed by atoms with Crippen LogP contribution in [-0.2, 0) is 22.4 Å². The lowest BCUT2D eigenvalue weighted by Gasteiger charge is -2.32. The number of piperidine rings is 1. The van der Waals surface area contributed by atoms with Crippen molar-refractivity contribution < 1.29 is 14.3 Å². The Morgan fingerprint density at radius 1 is 1.21 bits per heavy atom. The van der Waals surface area contributed by atoms with Gasteiger partial charge in [0, 0.05) is 18.8 Å². The predicted molar refractivity (Wildman–Crippen MR) is 95.1 cm³/mol. The Hall–Kier alpha value is -2.04. The maximum atomic E-state index is 12.7. The Bertz CT molecular complexity index is 564. The molecule has 1 N–H and O–H groups in total. The van der Waals surface area contributed by atoms with Crippen molar-refractivity contribution in [1.29, 1.82) is 0 Å². The molecule has 1 fully saturated rings. The number of likely N-dealkylation sites (tertiary alicyclic amines) is 1. The van der Waals surface area contributed by atoms with Gasteiger partial charge in [-0.15, -0.1) is 0 Å². The molecule has 1 heterocycles. The zero-order valence-corrected chi connectivity index (χ0v) is 14.9. The SMILES string of the molecule is CCOC(=O)[C@@H]1CCCN(C(=O)Nc2c(CC)cccc2CC)C1. The molecule has 1 atom stereocenters. The first kappa shape index (κ1) is 18.3. The molecule has 1 aliphatic heterocycles. The van der Waals surface area contributed by atoms with Crippen LogP contribution >= 0.6 is 0 Å². The number of benzene rings is 1. The van der Waals surface area contributed by atoms with Crippen molar-refractivity contribution in [2.45, 2.75) is 46.5 Å². The molecule has 0 aromatic heterocycles. The van der Waals surface area contributed by atoms with Crippen molar-refractivity contribution in [1.82, 2.24) is 4.90 Å². The summed E-state index contributed by atoms with van der Waals surface area (Å²) in [7, 11) is 0. The number of rotatable bonds is 5. The molecule has 0 aliphatic carbocycles. The van der Waals surface area contributed by atoms with Gasteiger partial charge < -0.3 is 15.0 Å². The minimum atomic E-state index is -0.212. The van der Waals surface area contributed by atoms with Crippen LogP contribution in [0.4, 0.5) is 10.5 Å². The molecule has 0 unspecified atom stereocenters. The Morgan fingerprint density at radius 2 is 1.88 bits per heavy atom. The first-order valence-corrected chi connectivity index (χ1v) is 8.93. The molecule has 0 radical (unpaired) electrons. The summed E-state index contributed by atoms with van der Waals surface area (Å²) in [6.45, 7) is 7.46. The van der Waals surface area contributed by atoms with E-state index in [-0.39, 0.29) is 17.9 Å². The summed E-state index contributed by atoms with van der Waals surface area (Å²) in [4.78, 5) is 26.4. The molecule has 0 spiro atoms. The van der Waals surface area contributed by atoms with Gasteiger partial charge in [-0.3, -0.25) is 4.79 Å². The van der Waals surface area contributed by atoms with Crippen molar-refractivity contribution in [2.75, 3.05) is 25.0 Å². The summed E-state index contributed by atoms with van der Waals surface area (Å²) >= 11 is 0. The first-order chi connectivity index (χ1) is 11.6. The molecular weight excluding hydrogens is 304 g/mol. The van der Waals surface area contributed by atoms with E-state index in [1.807, 2.05) is 18.2 Å². The van der Waals surface area contributed by atoms with Gasteiger partial charge >= 0.3 is 12.0 Å². The summed E-state index contributed by atoms with van der Waals surface area (Å²) < 4.78 is 5.10. The van der Waals surface area contributed by atoms with E-state index in [4.69, 9.17) is 4.74 Å². The van der Waals surface area contributed by atoms with E-state index in [1.54, 1.807) is 11.8 Å². The third kappa shape index (κ3) is 4.28. The summed E-state index contributed by atoms with van der Waals surface area (Å²) in [5.41, 5.74) is 3.20. The number of urea groups is 1. The Morgan fingerprint density at radius 3 is 2.46 bits per heavy atom. The Kier molecular flexibility index (Phi) is 6.64. The molecule has 0 saturated carbocycles. The number of ether oxygens (including phenoxy) is 1. The first-order valence-electron chi connectivity index (χ1n) is 8.93. The number of nitrogens with one attached hydrogen (secondary N) is 1. The fraction of sp³-hybridized carbons (Fsp3) is 0.579. The number of aryl methyl sites for hydroxylation is 2. The van der Waals surface area contributed by atoms with Gasteiger partial charge in [0.05, 0.1) is 12.5 Å². The number of anilines is 1. The van der Waals surface area contributed by atoms with E-state index in [0.29, 0.717) is 19.7 Å². The molecule has 1 aromatic carbocycles. The van der Waals surface area contributed by atoms with E-state index < -0.39 is 0 Å². The third-order valence-electron chi connectivity index (χ3n) is 4.56. The second-order valence-corrected chi connectivity index (χ2v) is 6.13. The van der Waals surface area contributed by atoms with Crippen molar-refractivity contribution in [3.8, 4) is 0 Å². The zero-order chi connectivity index (χ0) is 17.5. The minimum Gasteiger partial charge on any atom is -0.466 e. The molecule has 2 rings (SSSR count). The van der Waals surface area contributed by atoms with E-state index in [9.17, 15) is 9.59 Å². The van der Waals surface area contributed by atoms with Gasteiger partial charge in [-0.2, -0.15) is 0 Å². The van der Waals surface area contributed by atoms with Crippen LogP contribution in [0, 0.1) is 5.92 Å². The standard InChI is InChI=1S/C19H28N2O3/c1-4-14-9-7-10-15(5-2)17(14)20-19(23)21-12-8-11-16(13-21)18(22)24-6-3/h7,9-10,16H,4-6,8,11-13H2,1-3H3,(H,20,23)/t16-/m1/s1. The largest absolute Gasteiger partial charge is 0.466 e. The molecular formula is C19H28N2O3. The van der Waals surface area contributed by atoms with E-state index in [0.717, 1.165) is 42.5 Å². The molecule has 2 amide bonds. The monoisotopic (exact) mass is 332 g/mol. The Labute approximate surface area is 144 Å². The number of carbonyl (C=O) groups excluding carboxylic acids is 2. The molecule has 1 aromatic rings. The van der Waals surface area contributed by atoms with Crippen LogP contribution in [0.15, 0.2) is 18.2 Å². The van der Waals surface area contributed by atoms with Gasteiger partial charge in [-0.1, -0.05) is 32.0 Å². The highest BCUT2D eigenvalue weighted by Gasteiger charge is 2.29. The molecule has 5 nitrogen and oxygen atoms in total. The third-order valence-corrected chi connectivity index (χ3v) is 4.56. The maximum Gasteiger partial charge on any atom is 0.321 e. The van der Waals surface area contributed by atoms with E-state index in [1.165, 1.54) is 0 Å². The van der Waals surface area contributed by atoms with Gasteiger partial charge in [0.15, 0.2) is 0 Å². The fourth-order valence-corrected chi connectivity index (χ4v) is 3.20. The highest BCUT2D eigenvalue weighted by molar-refractivity contribution is 5.91. The van der Waals surface area contributed by atoms with Gasteiger partial charge in [0.2, 0.25) is 0 Å². The van der Waals surface area contributed by atoms with Crippen LogP contribution in [0.5, 0.6) is 0 Å². The fourth-order valence-electron chi connectivity index (χ4n) is 3.20. The normalized spacial score (nSPS) is 17.5. The lowest BCUT2D eigenvalue weighted by Crippen LogP contribution is -2.44. The van der Waals surface area contributed by atoms with E-state index >= 15 is 0 Å². The number of hydrogen-bond acceptors (Lipinski definition) is 3. The van der Waals surface area contributed by atoms with Crippen molar-refractivity contribution in [3.05, 3.63) is 29.3 Å². The number of carbonyl (C=O) groups is 2. The van der Waals surface area contributed by atoms with Gasteiger partial charge in [-0.25, -0.2) is 4.79 Å². The summed E-state index contributed by atoms with van der Waals surface area (Å²) in [6, 6.07) is 6.00. The van der Waals surface area contributed by atoms with Crippen molar-refractivity contribution in [2.24, 2.45) is 5.92 Å². The molecule has 1 saturated heterocycles. The van der Waals surface area contributed by atoms with Crippen LogP contribution in [0.1, 0.15) is 44.7 Å². The summed E-state index contributed by atoms with van der Waals surface area (Å²) in [5.74, 6) is -0.408. The number of para-hydroxylation sites is 1. The average Bonchev–Trinajstić information content (AvgIpc) is 2.62. The molecule has 1 aliphatic rings. The smallest absolute Gasteiger partial charge is 0.321 e. The molecule has 5 heteroatoms. The number of amides is 2. The van der Waals surface area contributed by atoms with Crippen LogP contribution in [-0.4, -0.2) is 36.6 Å². The second kappa shape index (κ2) is 8.71. The molecule has 24 heavy (non-hydrogen) atoms. The highest BCUT2D eigenvalue weighted by Crippen LogP contribution is 2.24. The van der Waals surface area contributed by atoms with Crippen LogP contribution in [0.3, 0.4) is 0 Å². The highest BCUT2D eigenvalue weighted by atomic mass is 16.5. The summed E-state index contributed by atoms with van der Waals surface area (Å²) in [5, 5.41) is 3.08. The quantitative estimate of drug-likeness (QED) is 0.838. The lowest BCUT2D eigenvalue weighted by atomic mass is 9.98. The predicted octanol–water partition coefficient (Wildman–Crippen LogP) is 3.62. The van der Waals surface area contributed by atoms with Crippen LogP contribution in [0.2, 0.25) is 0 Å². The summed E-state index contributed by atoms with van der Waals surface area (Å²) in [6.07, 6.45) is 3.35. The average molecular weight is 332 g/mol. The van der Waals surface area contributed by atoms with Gasteiger partial charge in [0.1, 0.15) is 0 Å². The molecule has 0 bridgehead atoms. The van der Waals surface area contributed by atoms with Crippen LogP contribution < -0.4 is 5.32 Å². The van der Waals surface area contributed by atoms with Gasteiger partial charge in [-0.05, 0) is 43.7 Å². The Balaban J connectivity index is 2.08. The van der Waals surface area contributed by atoms with Crippen LogP contribution in [0.25, 0.3) is 0 Å². The maximum absolute atomic E-state index is 12.7.